The Hall–Kier alpha value is -1.82. The third-order valence-corrected chi connectivity index (χ3v) is 0.566. The summed E-state index contributed by atoms with van der Waals surface area (Å²) in [6.45, 7) is -1.50. The third kappa shape index (κ3) is 87.1. The van der Waals surface area contributed by atoms with E-state index >= 15 is 0 Å². The molecule has 0 aromatic carbocycles. The first-order chi connectivity index (χ1) is 7.24. The number of hydrogen-bond acceptors (Lipinski definition) is 7. The summed E-state index contributed by atoms with van der Waals surface area (Å²) in [5, 5.41) is 24.8. The molecule has 1 aromatic heterocycles. The van der Waals surface area contributed by atoms with Gasteiger partial charge in [0.05, 0.1) is 0 Å². The van der Waals surface area contributed by atoms with Crippen LogP contribution in [-0.2, 0) is 33.9 Å². The van der Waals surface area contributed by atoms with Crippen LogP contribution in [0.25, 0.3) is 0 Å². The largest absolute Gasteiger partial charge is 3.00 e. The topological polar surface area (TPSA) is 133 Å². The monoisotopic (exact) mass is 316 g/mol. The van der Waals surface area contributed by atoms with Crippen molar-refractivity contribution in [2.45, 2.75) is 0 Å². The first kappa shape index (κ1) is 23.8. The fraction of sp³-hybridized carbons (Fsp3) is 0. The summed E-state index contributed by atoms with van der Waals surface area (Å²) < 4.78 is 0. The molecule has 0 fully saturated rings. The van der Waals surface area contributed by atoms with E-state index in [0.717, 1.165) is 0 Å². The molecule has 16 heavy (non-hydrogen) atoms. The van der Waals surface area contributed by atoms with Crippen molar-refractivity contribution in [2.75, 3.05) is 0 Å². The molecule has 7 nitrogen and oxygen atoms in total. The van der Waals surface area contributed by atoms with Gasteiger partial charge in [-0.3, -0.25) is 4.98 Å². The van der Waals surface area contributed by atoms with Crippen LogP contribution in [0.3, 0.4) is 0 Å². The first-order valence-corrected chi connectivity index (χ1v) is 3.26. The molecule has 1 heterocycles. The fourth-order valence-electron chi connectivity index (χ4n) is 0.313. The van der Waals surface area contributed by atoms with E-state index < -0.39 is 19.4 Å². The van der Waals surface area contributed by atoms with Gasteiger partial charge in [-0.2, -0.15) is 0 Å². The van der Waals surface area contributed by atoms with Crippen molar-refractivity contribution in [2.24, 2.45) is 0 Å². The van der Waals surface area contributed by atoms with Crippen LogP contribution < -0.4 is 15.3 Å². The molecular weight excluding hydrogens is 307 g/mol. The van der Waals surface area contributed by atoms with Crippen LogP contribution in [0.5, 0.6) is 0 Å². The molecule has 0 saturated heterocycles. The number of aromatic nitrogens is 1. The van der Waals surface area contributed by atoms with Gasteiger partial charge in [-0.15, -0.1) is 0 Å². The predicted octanol–water partition coefficient (Wildman–Crippen LogP) is -3.82. The molecule has 1 rings (SSSR count). The minimum absolute atomic E-state index is 0. The number of carbonyl (C=O) groups is 3. The molecule has 0 spiro atoms. The van der Waals surface area contributed by atoms with Gasteiger partial charge in [-0.25, -0.2) is 0 Å². The van der Waals surface area contributed by atoms with Gasteiger partial charge in [0.1, 0.15) is 0 Å². The van der Waals surface area contributed by atoms with E-state index in [1.54, 1.807) is 12.4 Å². The van der Waals surface area contributed by atoms with Crippen molar-refractivity contribution in [1.82, 2.24) is 4.98 Å². The molecule has 89 valence electrons. The van der Waals surface area contributed by atoms with Crippen molar-refractivity contribution in [3.05, 3.63) is 30.6 Å². The number of pyridine rings is 1. The summed E-state index contributed by atoms with van der Waals surface area (Å²) in [5.74, 6) is 0. The minimum atomic E-state index is -0.500. The molecule has 0 saturated carbocycles. The Bertz CT molecular complexity index is 180. The zero-order valence-corrected chi connectivity index (χ0v) is 9.61. The maximum atomic E-state index is 8.25. The number of rotatable bonds is 0. The van der Waals surface area contributed by atoms with Crippen LogP contribution in [0.2, 0.25) is 0 Å². The second kappa shape index (κ2) is 37.9. The van der Waals surface area contributed by atoms with Gasteiger partial charge >= 0.3 is 19.5 Å². The van der Waals surface area contributed by atoms with Crippen LogP contribution in [0.4, 0.5) is 0 Å². The molecule has 0 aliphatic heterocycles. The Morgan fingerprint density at radius 3 is 1.06 bits per heavy atom. The Balaban J connectivity index is -0.0000000637. The number of carbonyl (C=O) groups excluding carboxylic acids is 3. The summed E-state index contributed by atoms with van der Waals surface area (Å²) in [6, 6.07) is 5.72. The maximum Gasteiger partial charge on any atom is 3.00 e. The molecule has 8 heteroatoms. The molecule has 0 bridgehead atoms. The normalized spacial score (nSPS) is 5.25. The van der Waals surface area contributed by atoms with E-state index in [9.17, 15) is 0 Å². The fourth-order valence-corrected chi connectivity index (χ4v) is 0.313. The van der Waals surface area contributed by atoms with Gasteiger partial charge in [0, 0.05) is 31.8 Å². The molecule has 0 unspecified atom stereocenters. The summed E-state index contributed by atoms with van der Waals surface area (Å²) in [5.41, 5.74) is 0. The van der Waals surface area contributed by atoms with Gasteiger partial charge < -0.3 is 29.7 Å². The molecule has 0 N–H and O–H groups in total. The van der Waals surface area contributed by atoms with Gasteiger partial charge in [0.15, 0.2) is 0 Å². The summed E-state index contributed by atoms with van der Waals surface area (Å²) in [7, 11) is 0. The Kier molecular flexibility index (Phi) is 56.3. The van der Waals surface area contributed by atoms with Crippen LogP contribution in [0.1, 0.15) is 0 Å². The number of nitrogens with zero attached hydrogens (tertiary/aromatic N) is 1. The van der Waals surface area contributed by atoms with Crippen LogP contribution in [0.15, 0.2) is 30.6 Å². The zero-order chi connectivity index (χ0) is 12.4. The van der Waals surface area contributed by atoms with Crippen molar-refractivity contribution < 1.29 is 49.2 Å². The molecule has 0 amide bonds. The zero-order valence-electron chi connectivity index (χ0n) is 7.87. The van der Waals surface area contributed by atoms with E-state index in [4.69, 9.17) is 29.7 Å². The van der Waals surface area contributed by atoms with Gasteiger partial charge in [0.2, 0.25) is 0 Å². The Morgan fingerprint density at radius 2 is 1.00 bits per heavy atom. The molecular formula is C8H8NO6Ru. The van der Waals surface area contributed by atoms with Crippen molar-refractivity contribution in [1.29, 1.82) is 0 Å². The van der Waals surface area contributed by atoms with Crippen molar-refractivity contribution in [3.8, 4) is 0 Å². The van der Waals surface area contributed by atoms with E-state index in [-0.39, 0.29) is 19.5 Å². The number of hydrogen-bond donors (Lipinski definition) is 0. The van der Waals surface area contributed by atoms with E-state index in [1.165, 1.54) is 0 Å². The van der Waals surface area contributed by atoms with Crippen molar-refractivity contribution >= 4 is 19.4 Å². The SMILES string of the molecule is O=C[O-].O=C[O-].O=C[O-].[Ru+3].c1ccncc1. The third-order valence-electron chi connectivity index (χ3n) is 0.566. The quantitative estimate of drug-likeness (QED) is 0.354. The number of carboxylic acid groups (broad SMARTS) is 3. The van der Waals surface area contributed by atoms with Crippen molar-refractivity contribution in [3.63, 3.8) is 0 Å². The first-order valence-electron chi connectivity index (χ1n) is 3.26. The molecule has 1 radical (unpaired) electrons. The van der Waals surface area contributed by atoms with Crippen LogP contribution in [0, 0.1) is 0 Å². The summed E-state index contributed by atoms with van der Waals surface area (Å²) >= 11 is 0. The van der Waals surface area contributed by atoms with Gasteiger partial charge in [0.25, 0.3) is 0 Å². The molecule has 0 atom stereocenters. The second-order valence-corrected chi connectivity index (χ2v) is 1.31. The summed E-state index contributed by atoms with van der Waals surface area (Å²) in [4.78, 5) is 28.5. The summed E-state index contributed by atoms with van der Waals surface area (Å²) in [6.07, 6.45) is 3.50. The van der Waals surface area contributed by atoms with E-state index in [2.05, 4.69) is 4.98 Å². The van der Waals surface area contributed by atoms with Crippen LogP contribution in [-0.4, -0.2) is 24.4 Å². The van der Waals surface area contributed by atoms with Gasteiger partial charge in [-0.1, -0.05) is 6.07 Å². The van der Waals surface area contributed by atoms with Gasteiger partial charge in [-0.05, 0) is 12.1 Å². The Morgan fingerprint density at radius 1 is 0.750 bits per heavy atom. The smallest absolute Gasteiger partial charge is 0.554 e. The maximum absolute atomic E-state index is 8.25. The Labute approximate surface area is 105 Å². The minimum Gasteiger partial charge on any atom is -0.554 e. The molecule has 0 aliphatic rings. The van der Waals surface area contributed by atoms with Crippen LogP contribution >= 0.6 is 0 Å². The molecule has 1 aromatic rings. The van der Waals surface area contributed by atoms with E-state index in [0.29, 0.717) is 0 Å². The predicted molar refractivity (Wildman–Crippen MR) is 42.4 cm³/mol. The standard InChI is InChI=1S/C5H5N.3CH2O2.Ru/c1-2-4-6-5-3-1;3*2-1-3;/h1-5H;3*1H,(H,2,3);/q;;;;+3/p-3. The average Bonchev–Trinajstić information content (AvgIpc) is 2.24. The second-order valence-electron chi connectivity index (χ2n) is 1.31. The molecule has 0 aliphatic carbocycles. The van der Waals surface area contributed by atoms with E-state index in [1.807, 2.05) is 18.2 Å². The average molecular weight is 315 g/mol.